The van der Waals surface area contributed by atoms with Crippen LogP contribution in [0.1, 0.15) is 5.69 Å². The summed E-state index contributed by atoms with van der Waals surface area (Å²) in [6.07, 6.45) is 3.01. The van der Waals surface area contributed by atoms with Crippen LogP contribution >= 0.6 is 27.3 Å². The Bertz CT molecular complexity index is 1590. The van der Waals surface area contributed by atoms with E-state index in [2.05, 4.69) is 51.3 Å². The van der Waals surface area contributed by atoms with Gasteiger partial charge in [-0.15, -0.1) is 11.3 Å². The minimum absolute atomic E-state index is 0.0310. The highest BCUT2D eigenvalue weighted by Gasteiger charge is 2.17. The first-order valence-corrected chi connectivity index (χ1v) is 13.2. The van der Waals surface area contributed by atoms with Crippen molar-refractivity contribution >= 4 is 65.0 Å². The predicted molar refractivity (Wildman–Crippen MR) is 138 cm³/mol. The molecule has 8 nitrogen and oxygen atoms in total. The van der Waals surface area contributed by atoms with E-state index < -0.39 is 10.0 Å². The average molecular weight is 553 g/mol. The molecule has 3 heterocycles. The van der Waals surface area contributed by atoms with E-state index in [0.717, 1.165) is 25.8 Å². The van der Waals surface area contributed by atoms with Gasteiger partial charge in [0.25, 0.3) is 10.0 Å². The van der Waals surface area contributed by atoms with E-state index in [1.807, 2.05) is 24.3 Å². The van der Waals surface area contributed by atoms with Gasteiger partial charge in [0.2, 0.25) is 5.95 Å². The highest BCUT2D eigenvalue weighted by Crippen LogP contribution is 2.37. The molecule has 0 aliphatic carbocycles. The van der Waals surface area contributed by atoms with Crippen molar-refractivity contribution in [3.8, 4) is 11.1 Å². The molecule has 2 N–H and O–H groups in total. The fourth-order valence-electron chi connectivity index (χ4n) is 3.34. The quantitative estimate of drug-likeness (QED) is 0.275. The fourth-order valence-corrected chi connectivity index (χ4v) is 5.47. The van der Waals surface area contributed by atoms with Gasteiger partial charge in [-0.25, -0.2) is 33.1 Å². The van der Waals surface area contributed by atoms with Crippen LogP contribution in [0.25, 0.3) is 21.3 Å². The first-order chi connectivity index (χ1) is 16.4. The number of nitrogens with one attached hydrogen (secondary N) is 2. The van der Waals surface area contributed by atoms with Crippen LogP contribution < -0.4 is 10.0 Å². The number of hydrogen-bond donors (Lipinski definition) is 2. The summed E-state index contributed by atoms with van der Waals surface area (Å²) in [5.41, 5.74) is 3.44. The third-order valence-electron chi connectivity index (χ3n) is 4.97. The topological polar surface area (TPSA) is 110 Å². The minimum Gasteiger partial charge on any atom is -0.340 e. The largest absolute Gasteiger partial charge is 0.340 e. The molecule has 0 unspecified atom stereocenters. The van der Waals surface area contributed by atoms with Gasteiger partial charge >= 0.3 is 0 Å². The summed E-state index contributed by atoms with van der Waals surface area (Å²) in [5, 5.41) is 6.26. The third kappa shape index (κ3) is 4.63. The van der Waals surface area contributed by atoms with Gasteiger partial charge in [-0.1, -0.05) is 28.1 Å². The van der Waals surface area contributed by atoms with Crippen LogP contribution in [0.3, 0.4) is 0 Å². The molecule has 5 rings (SSSR count). The number of sulfonamides is 1. The van der Waals surface area contributed by atoms with Gasteiger partial charge in [-0.05, 0) is 55.0 Å². The van der Waals surface area contributed by atoms with Gasteiger partial charge in [-0.2, -0.15) is 0 Å². The number of rotatable bonds is 6. The van der Waals surface area contributed by atoms with E-state index in [4.69, 9.17) is 0 Å². The first-order valence-electron chi connectivity index (χ1n) is 10.1. The van der Waals surface area contributed by atoms with Crippen molar-refractivity contribution < 1.29 is 8.42 Å². The molecule has 0 amide bonds. The summed E-state index contributed by atoms with van der Waals surface area (Å²) in [6.45, 7) is 1.76. The molecule has 0 aliphatic rings. The Labute approximate surface area is 208 Å². The molecule has 2 aromatic carbocycles. The van der Waals surface area contributed by atoms with Crippen molar-refractivity contribution in [2.24, 2.45) is 0 Å². The number of fused-ring (bicyclic) bond motifs is 1. The number of benzene rings is 2. The first kappa shape index (κ1) is 22.4. The van der Waals surface area contributed by atoms with Crippen molar-refractivity contribution in [1.82, 2.24) is 19.9 Å². The van der Waals surface area contributed by atoms with Gasteiger partial charge in [-0.3, -0.25) is 0 Å². The number of anilines is 3. The van der Waals surface area contributed by atoms with Crippen molar-refractivity contribution in [2.45, 2.75) is 11.8 Å². The summed E-state index contributed by atoms with van der Waals surface area (Å²) in [4.78, 5) is 17.8. The van der Waals surface area contributed by atoms with Crippen LogP contribution in [0.4, 0.5) is 17.5 Å². The molecule has 0 atom stereocenters. The van der Waals surface area contributed by atoms with Gasteiger partial charge in [0.15, 0.2) is 0 Å². The van der Waals surface area contributed by atoms with Crippen LogP contribution in [0, 0.1) is 6.92 Å². The SMILES string of the molecule is Cc1ccnc(NS(=O)(=O)c2ccc(Nc3ncnc4scc(-c5ccc(Br)cc5)c34)cc2)n1. The Morgan fingerprint density at radius 2 is 1.71 bits per heavy atom. The van der Waals surface area contributed by atoms with Crippen LogP contribution in [-0.2, 0) is 10.0 Å². The monoisotopic (exact) mass is 552 g/mol. The predicted octanol–water partition coefficient (Wildman–Crippen LogP) is 5.76. The zero-order valence-corrected chi connectivity index (χ0v) is 20.9. The van der Waals surface area contributed by atoms with Crippen LogP contribution in [0.5, 0.6) is 0 Å². The molecule has 3 aromatic heterocycles. The molecule has 34 heavy (non-hydrogen) atoms. The molecule has 0 aliphatic heterocycles. The second kappa shape index (κ2) is 9.09. The maximum absolute atomic E-state index is 12.7. The zero-order chi connectivity index (χ0) is 23.7. The lowest BCUT2D eigenvalue weighted by atomic mass is 10.1. The Hall–Kier alpha value is -3.41. The van der Waals surface area contributed by atoms with E-state index >= 15 is 0 Å². The molecule has 11 heteroatoms. The number of aromatic nitrogens is 4. The molecule has 0 fully saturated rings. The molecule has 0 saturated heterocycles. The second-order valence-electron chi connectivity index (χ2n) is 7.34. The Morgan fingerprint density at radius 1 is 0.941 bits per heavy atom. The maximum atomic E-state index is 12.7. The molecule has 0 radical (unpaired) electrons. The van der Waals surface area contributed by atoms with E-state index in [9.17, 15) is 8.42 Å². The van der Waals surface area contributed by atoms with Crippen molar-refractivity contribution in [2.75, 3.05) is 10.0 Å². The summed E-state index contributed by atoms with van der Waals surface area (Å²) < 4.78 is 28.8. The summed E-state index contributed by atoms with van der Waals surface area (Å²) in [5.74, 6) is 0.676. The van der Waals surface area contributed by atoms with Crippen LogP contribution in [-0.4, -0.2) is 28.4 Å². The van der Waals surface area contributed by atoms with Gasteiger partial charge in [0, 0.05) is 33.0 Å². The van der Waals surface area contributed by atoms with Crippen molar-refractivity contribution in [3.05, 3.63) is 82.7 Å². The molecule has 0 saturated carbocycles. The Kier molecular flexibility index (Phi) is 5.98. The van der Waals surface area contributed by atoms with Gasteiger partial charge < -0.3 is 5.32 Å². The van der Waals surface area contributed by atoms with Crippen molar-refractivity contribution in [3.63, 3.8) is 0 Å². The van der Waals surface area contributed by atoms with Crippen molar-refractivity contribution in [1.29, 1.82) is 0 Å². The molecule has 0 spiro atoms. The van der Waals surface area contributed by atoms with E-state index in [1.165, 1.54) is 24.7 Å². The smallest absolute Gasteiger partial charge is 0.264 e. The molecule has 5 aromatic rings. The lowest BCUT2D eigenvalue weighted by Crippen LogP contribution is -2.15. The second-order valence-corrected chi connectivity index (χ2v) is 10.8. The Morgan fingerprint density at radius 3 is 2.44 bits per heavy atom. The molecular weight excluding hydrogens is 536 g/mol. The number of nitrogens with zero attached hydrogens (tertiary/aromatic N) is 4. The normalized spacial score (nSPS) is 11.5. The highest BCUT2D eigenvalue weighted by molar-refractivity contribution is 9.10. The van der Waals surface area contributed by atoms with E-state index in [0.29, 0.717) is 17.2 Å². The van der Waals surface area contributed by atoms with Gasteiger partial charge in [0.1, 0.15) is 17.0 Å². The number of aryl methyl sites for hydroxylation is 1. The number of thiophene rings is 1. The number of halogens is 1. The molecule has 0 bridgehead atoms. The highest BCUT2D eigenvalue weighted by atomic mass is 79.9. The lowest BCUT2D eigenvalue weighted by Gasteiger charge is -2.10. The minimum atomic E-state index is -3.82. The maximum Gasteiger partial charge on any atom is 0.264 e. The van der Waals surface area contributed by atoms with E-state index in [-0.39, 0.29) is 10.8 Å². The average Bonchev–Trinajstić information content (AvgIpc) is 3.25. The molecule has 170 valence electrons. The molecular formula is C23H17BrN6O2S2. The van der Waals surface area contributed by atoms with Crippen LogP contribution in [0.2, 0.25) is 0 Å². The Balaban J connectivity index is 1.42. The van der Waals surface area contributed by atoms with Crippen LogP contribution in [0.15, 0.2) is 81.9 Å². The summed E-state index contributed by atoms with van der Waals surface area (Å²) >= 11 is 5.01. The zero-order valence-electron chi connectivity index (χ0n) is 17.7. The number of hydrogen-bond acceptors (Lipinski definition) is 8. The fraction of sp³-hybridized carbons (Fsp3) is 0.0435. The standard InChI is InChI=1S/C23H17BrN6O2S2/c1-14-10-11-25-23(28-14)30-34(31,32)18-8-6-17(7-9-18)29-21-20-19(12-33-22(20)27-13-26-21)15-2-4-16(24)5-3-15/h2-13H,1H3,(H,25,28,30)(H,26,27,29). The summed E-state index contributed by atoms with van der Waals surface area (Å²) in [7, 11) is -3.82. The third-order valence-corrected chi connectivity index (χ3v) is 7.73. The lowest BCUT2D eigenvalue weighted by molar-refractivity contribution is 0.601. The van der Waals surface area contributed by atoms with E-state index in [1.54, 1.807) is 36.5 Å². The summed E-state index contributed by atoms with van der Waals surface area (Å²) in [6, 6.07) is 16.1. The van der Waals surface area contributed by atoms with Gasteiger partial charge in [0.05, 0.1) is 10.3 Å².